The highest BCUT2D eigenvalue weighted by molar-refractivity contribution is 5.81. The van der Waals surface area contributed by atoms with Crippen LogP contribution < -0.4 is 5.32 Å². The number of carbonyl (C=O) groups excluding carboxylic acids is 1. The van der Waals surface area contributed by atoms with E-state index in [2.05, 4.69) is 90.2 Å². The maximum absolute atomic E-state index is 12.5. The Morgan fingerprint density at radius 3 is 2.52 bits per heavy atom. The zero-order valence-electron chi connectivity index (χ0n) is 19.1. The summed E-state index contributed by atoms with van der Waals surface area (Å²) in [7, 11) is 0. The van der Waals surface area contributed by atoms with E-state index in [1.54, 1.807) is 0 Å². The second-order valence-corrected chi connectivity index (χ2v) is 9.08. The number of amides is 1. The molecule has 1 aromatic heterocycles. The number of hydrogen-bond acceptors (Lipinski definition) is 2. The van der Waals surface area contributed by atoms with E-state index in [0.717, 1.165) is 45.4 Å². The number of hydrogen-bond donors (Lipinski definition) is 1. The average molecular weight is 418 g/mol. The Balaban J connectivity index is 1.48. The molecule has 164 valence electrons. The van der Waals surface area contributed by atoms with Crippen LogP contribution in [0.3, 0.4) is 0 Å². The van der Waals surface area contributed by atoms with Gasteiger partial charge in [0, 0.05) is 36.3 Å². The van der Waals surface area contributed by atoms with Crippen LogP contribution in [0.5, 0.6) is 0 Å². The van der Waals surface area contributed by atoms with Crippen molar-refractivity contribution in [1.82, 2.24) is 14.8 Å². The highest BCUT2D eigenvalue weighted by Gasteiger charge is 2.26. The number of fused-ring (bicyclic) bond motifs is 1. The second-order valence-electron chi connectivity index (χ2n) is 9.08. The van der Waals surface area contributed by atoms with Crippen LogP contribution in [-0.4, -0.2) is 34.5 Å². The quantitative estimate of drug-likeness (QED) is 0.579. The van der Waals surface area contributed by atoms with Crippen molar-refractivity contribution in [1.29, 1.82) is 0 Å². The minimum Gasteiger partial charge on any atom is -0.353 e. The van der Waals surface area contributed by atoms with Gasteiger partial charge < -0.3 is 9.88 Å². The molecular weight excluding hydrogens is 382 g/mol. The van der Waals surface area contributed by atoms with Crippen molar-refractivity contribution in [2.24, 2.45) is 5.92 Å². The number of nitrogens with one attached hydrogen (secondary N) is 1. The predicted molar refractivity (Wildman–Crippen MR) is 128 cm³/mol. The Kier molecular flexibility index (Phi) is 6.77. The van der Waals surface area contributed by atoms with Crippen LogP contribution in [0.1, 0.15) is 49.9 Å². The molecule has 1 aliphatic heterocycles. The monoisotopic (exact) mass is 417 g/mol. The fourth-order valence-electron chi connectivity index (χ4n) is 4.59. The number of para-hydroxylation sites is 1. The first-order chi connectivity index (χ1) is 15.0. The van der Waals surface area contributed by atoms with Crippen LogP contribution >= 0.6 is 0 Å². The van der Waals surface area contributed by atoms with Crippen molar-refractivity contribution in [3.05, 3.63) is 71.4 Å². The third-order valence-electron chi connectivity index (χ3n) is 6.83. The van der Waals surface area contributed by atoms with E-state index in [1.165, 1.54) is 27.7 Å². The lowest BCUT2D eigenvalue weighted by Gasteiger charge is -2.32. The number of likely N-dealkylation sites (tertiary alicyclic amines) is 1. The number of nitrogens with zero attached hydrogens (tertiary/aromatic N) is 2. The van der Waals surface area contributed by atoms with Gasteiger partial charge in [0.15, 0.2) is 0 Å². The molecule has 1 saturated heterocycles. The summed E-state index contributed by atoms with van der Waals surface area (Å²) in [5.74, 6) is 0.394. The number of aryl methyl sites for hydroxylation is 1. The molecule has 0 unspecified atom stereocenters. The zero-order valence-corrected chi connectivity index (χ0v) is 19.1. The van der Waals surface area contributed by atoms with Gasteiger partial charge in [0.05, 0.1) is 0 Å². The van der Waals surface area contributed by atoms with Gasteiger partial charge in [-0.25, -0.2) is 0 Å². The molecule has 3 aromatic rings. The van der Waals surface area contributed by atoms with Gasteiger partial charge in [0.1, 0.15) is 0 Å². The summed E-state index contributed by atoms with van der Waals surface area (Å²) in [6, 6.07) is 19.9. The number of carbonyl (C=O) groups is 1. The molecule has 4 heteroatoms. The third kappa shape index (κ3) is 5.01. The molecule has 0 bridgehead atoms. The van der Waals surface area contributed by atoms with E-state index in [4.69, 9.17) is 0 Å². The van der Waals surface area contributed by atoms with E-state index in [0.29, 0.717) is 0 Å². The maximum Gasteiger partial charge on any atom is 0.223 e. The van der Waals surface area contributed by atoms with Crippen molar-refractivity contribution in [2.45, 2.75) is 59.2 Å². The highest BCUT2D eigenvalue weighted by atomic mass is 16.1. The van der Waals surface area contributed by atoms with Gasteiger partial charge in [-0.2, -0.15) is 0 Å². The summed E-state index contributed by atoms with van der Waals surface area (Å²) in [5, 5.41) is 4.46. The van der Waals surface area contributed by atoms with Gasteiger partial charge in [-0.1, -0.05) is 49.4 Å². The van der Waals surface area contributed by atoms with Gasteiger partial charge in [-0.15, -0.1) is 0 Å². The minimum atomic E-state index is 0.156. The Morgan fingerprint density at radius 2 is 1.77 bits per heavy atom. The fourth-order valence-corrected chi connectivity index (χ4v) is 4.59. The number of aromatic nitrogens is 1. The fraction of sp³-hybridized carbons (Fsp3) is 0.444. The van der Waals surface area contributed by atoms with Crippen molar-refractivity contribution < 1.29 is 4.79 Å². The predicted octanol–water partition coefficient (Wildman–Crippen LogP) is 5.12. The average Bonchev–Trinajstić information content (AvgIpc) is 3.12. The molecule has 1 N–H and O–H groups in total. The molecule has 1 atom stereocenters. The number of benzene rings is 2. The van der Waals surface area contributed by atoms with Crippen molar-refractivity contribution in [3.63, 3.8) is 0 Å². The van der Waals surface area contributed by atoms with Gasteiger partial charge >= 0.3 is 0 Å². The SMILES string of the molecule is CC[C@H](C)NC(=O)C1CCN(Cc2cc3ccccc3n2Cc2ccccc2C)CC1. The largest absolute Gasteiger partial charge is 0.353 e. The third-order valence-corrected chi connectivity index (χ3v) is 6.83. The lowest BCUT2D eigenvalue weighted by molar-refractivity contribution is -0.127. The Hall–Kier alpha value is -2.59. The van der Waals surface area contributed by atoms with E-state index in [9.17, 15) is 4.79 Å². The number of piperidine rings is 1. The van der Waals surface area contributed by atoms with E-state index < -0.39 is 0 Å². The molecule has 31 heavy (non-hydrogen) atoms. The first-order valence-corrected chi connectivity index (χ1v) is 11.7. The van der Waals surface area contributed by atoms with Crippen LogP contribution in [0.4, 0.5) is 0 Å². The molecule has 0 spiro atoms. The van der Waals surface area contributed by atoms with Crippen LogP contribution in [0.25, 0.3) is 10.9 Å². The molecule has 0 saturated carbocycles. The Bertz CT molecular complexity index is 1030. The molecular formula is C27H35N3O. The summed E-state index contributed by atoms with van der Waals surface area (Å²) in [6.07, 6.45) is 2.87. The van der Waals surface area contributed by atoms with E-state index in [-0.39, 0.29) is 17.9 Å². The first-order valence-electron chi connectivity index (χ1n) is 11.7. The maximum atomic E-state index is 12.5. The molecule has 2 aromatic carbocycles. The zero-order chi connectivity index (χ0) is 21.8. The van der Waals surface area contributed by atoms with Crippen LogP contribution in [0, 0.1) is 12.8 Å². The summed E-state index contributed by atoms with van der Waals surface area (Å²) in [6.45, 7) is 10.2. The summed E-state index contributed by atoms with van der Waals surface area (Å²) in [4.78, 5) is 15.0. The molecule has 2 heterocycles. The molecule has 1 aliphatic rings. The summed E-state index contributed by atoms with van der Waals surface area (Å²) in [5.41, 5.74) is 5.35. The number of rotatable bonds is 7. The molecule has 4 rings (SSSR count). The normalized spacial score (nSPS) is 16.5. The molecule has 0 radical (unpaired) electrons. The minimum absolute atomic E-state index is 0.156. The van der Waals surface area contributed by atoms with Crippen molar-refractivity contribution >= 4 is 16.8 Å². The van der Waals surface area contributed by atoms with E-state index in [1.807, 2.05) is 0 Å². The van der Waals surface area contributed by atoms with Gasteiger partial charge in [-0.05, 0) is 74.8 Å². The van der Waals surface area contributed by atoms with Gasteiger partial charge in [-0.3, -0.25) is 9.69 Å². The van der Waals surface area contributed by atoms with Crippen LogP contribution in [0.15, 0.2) is 54.6 Å². The first kappa shape index (κ1) is 21.6. The van der Waals surface area contributed by atoms with Crippen molar-refractivity contribution in [2.75, 3.05) is 13.1 Å². The van der Waals surface area contributed by atoms with Crippen molar-refractivity contribution in [3.8, 4) is 0 Å². The smallest absolute Gasteiger partial charge is 0.223 e. The van der Waals surface area contributed by atoms with Gasteiger partial charge in [0.25, 0.3) is 0 Å². The highest BCUT2D eigenvalue weighted by Crippen LogP contribution is 2.25. The second kappa shape index (κ2) is 9.69. The lowest BCUT2D eigenvalue weighted by atomic mass is 9.95. The lowest BCUT2D eigenvalue weighted by Crippen LogP contribution is -2.42. The Morgan fingerprint density at radius 1 is 1.06 bits per heavy atom. The topological polar surface area (TPSA) is 37.3 Å². The molecule has 1 fully saturated rings. The molecule has 1 amide bonds. The van der Waals surface area contributed by atoms with E-state index >= 15 is 0 Å². The summed E-state index contributed by atoms with van der Waals surface area (Å²) >= 11 is 0. The van der Waals surface area contributed by atoms with Crippen LogP contribution in [-0.2, 0) is 17.9 Å². The summed E-state index contributed by atoms with van der Waals surface area (Å²) < 4.78 is 2.47. The van der Waals surface area contributed by atoms with Gasteiger partial charge in [0.2, 0.25) is 5.91 Å². The van der Waals surface area contributed by atoms with Crippen LogP contribution in [0.2, 0.25) is 0 Å². The Labute approximate surface area is 186 Å². The molecule has 0 aliphatic carbocycles. The standard InChI is InChI=1S/C27H35N3O/c1-4-21(3)28-27(31)22-13-15-29(16-14-22)19-25-17-23-10-7-8-12-26(23)30(25)18-24-11-6-5-9-20(24)2/h5-12,17,21-22H,4,13-16,18-19H2,1-3H3,(H,28,31)/t21-/m0/s1. The molecule has 4 nitrogen and oxygen atoms in total.